The van der Waals surface area contributed by atoms with Crippen LogP contribution in [0.4, 0.5) is 30.2 Å². The molecule has 3 aromatic rings. The largest absolute Gasteiger partial charge is 0.402 e. The van der Waals surface area contributed by atoms with Crippen molar-refractivity contribution in [1.82, 2.24) is 9.97 Å². The van der Waals surface area contributed by atoms with E-state index in [2.05, 4.69) is 20.0 Å². The van der Waals surface area contributed by atoms with Crippen LogP contribution in [0.3, 0.4) is 0 Å². The van der Waals surface area contributed by atoms with Gasteiger partial charge in [-0.3, -0.25) is 14.5 Å². The second-order valence-electron chi connectivity index (χ2n) is 8.42. The molecule has 0 spiro atoms. The molecule has 1 aliphatic rings. The molecule has 1 fully saturated rings. The number of alkyl halides is 3. The molecule has 37 heavy (non-hydrogen) atoms. The first kappa shape index (κ1) is 26.8. The molecule has 1 atom stereocenters. The predicted molar refractivity (Wildman–Crippen MR) is 134 cm³/mol. The maximum atomic E-state index is 14.1. The Bertz CT molecular complexity index is 1370. The number of pyridine rings is 1. The predicted octanol–water partition coefficient (Wildman–Crippen LogP) is 4.22. The lowest BCUT2D eigenvalue weighted by atomic mass is 9.99. The monoisotopic (exact) mass is 557 g/mol. The van der Waals surface area contributed by atoms with Gasteiger partial charge < -0.3 is 19.9 Å². The molecule has 1 aromatic carbocycles. The average molecular weight is 558 g/mol. The molecular formula is C23H23ClF3N5O4S. The number of H-pyrrole nitrogens is 1. The standard InChI is InChI=1S/C23H23ClF3N5O4S/c1-37(34,35)31-17-10-15(24)9-16(11-17)30-22(33)14-8-20(28-12-14)21(23(25,26)27)19-3-2-18(13-29-19)32-4-6-36-7-5-32/h2-3,8-13,21,28,31H,4-7H2,1H3,(H,30,33). The van der Waals surface area contributed by atoms with E-state index in [1.54, 1.807) is 6.07 Å². The number of benzene rings is 1. The summed E-state index contributed by atoms with van der Waals surface area (Å²) in [4.78, 5) is 21.3. The zero-order chi connectivity index (χ0) is 26.8. The highest BCUT2D eigenvalue weighted by Gasteiger charge is 2.44. The molecule has 3 heterocycles. The summed E-state index contributed by atoms with van der Waals surface area (Å²) in [6, 6.07) is 8.06. The Hall–Kier alpha value is -3.29. The highest BCUT2D eigenvalue weighted by Crippen LogP contribution is 2.39. The molecular weight excluding hydrogens is 535 g/mol. The number of amides is 1. The quantitative estimate of drug-likeness (QED) is 0.401. The van der Waals surface area contributed by atoms with Gasteiger partial charge in [0.15, 0.2) is 0 Å². The maximum absolute atomic E-state index is 14.1. The van der Waals surface area contributed by atoms with Gasteiger partial charge in [-0.25, -0.2) is 8.42 Å². The number of ether oxygens (including phenoxy) is 1. The molecule has 2 aromatic heterocycles. The molecule has 3 N–H and O–H groups in total. The van der Waals surface area contributed by atoms with Crippen molar-refractivity contribution in [3.8, 4) is 0 Å². The van der Waals surface area contributed by atoms with E-state index in [9.17, 15) is 26.4 Å². The van der Waals surface area contributed by atoms with E-state index >= 15 is 0 Å². The molecule has 4 rings (SSSR count). The lowest BCUT2D eigenvalue weighted by Gasteiger charge is -2.29. The van der Waals surface area contributed by atoms with Gasteiger partial charge in [-0.05, 0) is 36.4 Å². The van der Waals surface area contributed by atoms with Crippen molar-refractivity contribution in [3.63, 3.8) is 0 Å². The van der Waals surface area contributed by atoms with Crippen molar-refractivity contribution in [2.24, 2.45) is 0 Å². The second-order valence-corrected chi connectivity index (χ2v) is 10.6. The van der Waals surface area contributed by atoms with Crippen LogP contribution >= 0.6 is 11.6 Å². The van der Waals surface area contributed by atoms with Crippen LogP contribution in [0.25, 0.3) is 0 Å². The molecule has 0 aliphatic carbocycles. The van der Waals surface area contributed by atoms with E-state index < -0.39 is 28.0 Å². The highest BCUT2D eigenvalue weighted by atomic mass is 35.5. The van der Waals surface area contributed by atoms with Crippen LogP contribution in [0.5, 0.6) is 0 Å². The van der Waals surface area contributed by atoms with Gasteiger partial charge in [-0.1, -0.05) is 11.6 Å². The third-order valence-corrected chi connectivity index (χ3v) is 6.33. The molecule has 1 aliphatic heterocycles. The topological polar surface area (TPSA) is 116 Å². The second kappa shape index (κ2) is 10.6. The van der Waals surface area contributed by atoms with Crippen LogP contribution in [-0.2, 0) is 14.8 Å². The minimum atomic E-state index is -4.68. The average Bonchev–Trinajstić information content (AvgIpc) is 3.27. The van der Waals surface area contributed by atoms with E-state index in [1.165, 1.54) is 30.5 Å². The number of morpholine rings is 1. The minimum Gasteiger partial charge on any atom is -0.378 e. The highest BCUT2D eigenvalue weighted by molar-refractivity contribution is 7.92. The van der Waals surface area contributed by atoms with Gasteiger partial charge >= 0.3 is 6.18 Å². The Balaban J connectivity index is 1.54. The molecule has 9 nitrogen and oxygen atoms in total. The zero-order valence-electron chi connectivity index (χ0n) is 19.5. The van der Waals surface area contributed by atoms with Gasteiger partial charge in [-0.2, -0.15) is 13.2 Å². The number of nitrogens with one attached hydrogen (secondary N) is 3. The van der Waals surface area contributed by atoms with Crippen LogP contribution in [-0.4, -0.2) is 63.0 Å². The Morgan fingerprint density at radius 2 is 1.86 bits per heavy atom. The van der Waals surface area contributed by atoms with Crippen LogP contribution in [0.2, 0.25) is 5.02 Å². The summed E-state index contributed by atoms with van der Waals surface area (Å²) >= 11 is 6.00. The van der Waals surface area contributed by atoms with E-state index in [0.29, 0.717) is 32.0 Å². The van der Waals surface area contributed by atoms with E-state index in [-0.39, 0.29) is 33.3 Å². The lowest BCUT2D eigenvalue weighted by molar-refractivity contribution is -0.142. The number of hydrogen-bond acceptors (Lipinski definition) is 6. The zero-order valence-corrected chi connectivity index (χ0v) is 21.0. The Labute approximate surface area is 216 Å². The van der Waals surface area contributed by atoms with Gasteiger partial charge in [0, 0.05) is 35.7 Å². The van der Waals surface area contributed by atoms with E-state index in [0.717, 1.165) is 18.5 Å². The van der Waals surface area contributed by atoms with Crippen LogP contribution < -0.4 is 14.9 Å². The van der Waals surface area contributed by atoms with Crippen molar-refractivity contribution in [2.45, 2.75) is 12.1 Å². The normalized spacial score (nSPS) is 15.3. The Morgan fingerprint density at radius 3 is 2.49 bits per heavy atom. The van der Waals surface area contributed by atoms with Crippen molar-refractivity contribution < 1.29 is 31.1 Å². The number of sulfonamides is 1. The Kier molecular flexibility index (Phi) is 7.67. The number of aromatic nitrogens is 2. The number of carbonyl (C=O) groups excluding carboxylic acids is 1. The van der Waals surface area contributed by atoms with E-state index in [4.69, 9.17) is 16.3 Å². The van der Waals surface area contributed by atoms with Gasteiger partial charge in [-0.15, -0.1) is 0 Å². The molecule has 0 saturated carbocycles. The van der Waals surface area contributed by atoms with Gasteiger partial charge in [0.05, 0.1) is 48.3 Å². The summed E-state index contributed by atoms with van der Waals surface area (Å²) in [5.41, 5.74) is 0.431. The van der Waals surface area contributed by atoms with Crippen molar-refractivity contribution in [1.29, 1.82) is 0 Å². The molecule has 1 saturated heterocycles. The van der Waals surface area contributed by atoms with E-state index in [1.807, 2.05) is 4.90 Å². The number of nitrogens with zero attached hydrogens (tertiary/aromatic N) is 2. The first-order chi connectivity index (χ1) is 17.4. The molecule has 14 heteroatoms. The molecule has 198 valence electrons. The van der Waals surface area contributed by atoms with Gasteiger partial charge in [0.1, 0.15) is 5.92 Å². The van der Waals surface area contributed by atoms with Crippen LogP contribution in [0.1, 0.15) is 27.7 Å². The maximum Gasteiger partial charge on any atom is 0.402 e. The first-order valence-electron chi connectivity index (χ1n) is 11.0. The van der Waals surface area contributed by atoms with Crippen molar-refractivity contribution >= 4 is 44.6 Å². The lowest BCUT2D eigenvalue weighted by Crippen LogP contribution is -2.36. The fourth-order valence-corrected chi connectivity index (χ4v) is 4.71. The number of hydrogen-bond donors (Lipinski definition) is 3. The first-order valence-corrected chi connectivity index (χ1v) is 13.3. The number of halogens is 4. The summed E-state index contributed by atoms with van der Waals surface area (Å²) in [5, 5.41) is 2.65. The summed E-state index contributed by atoms with van der Waals surface area (Å²) in [7, 11) is -3.59. The van der Waals surface area contributed by atoms with Crippen molar-refractivity contribution in [3.05, 3.63) is 70.8 Å². The number of anilines is 3. The molecule has 0 radical (unpaired) electrons. The minimum absolute atomic E-state index is 0.0632. The van der Waals surface area contributed by atoms with Crippen LogP contribution in [0.15, 0.2) is 48.8 Å². The van der Waals surface area contributed by atoms with Crippen LogP contribution in [0, 0.1) is 0 Å². The fourth-order valence-electron chi connectivity index (χ4n) is 3.93. The summed E-state index contributed by atoms with van der Waals surface area (Å²) in [6.07, 6.45) is -1.16. The van der Waals surface area contributed by atoms with Crippen molar-refractivity contribution in [2.75, 3.05) is 47.5 Å². The van der Waals surface area contributed by atoms with Gasteiger partial charge in [0.2, 0.25) is 10.0 Å². The number of aromatic amines is 1. The molecule has 1 unspecified atom stereocenters. The summed E-state index contributed by atoms with van der Waals surface area (Å²) < 4.78 is 72.7. The number of carbonyl (C=O) groups is 1. The SMILES string of the molecule is CS(=O)(=O)Nc1cc(Cl)cc(NC(=O)c2c[nH]c(C(c3ccc(N4CCOCC4)cn3)C(F)(F)F)c2)c1. The summed E-state index contributed by atoms with van der Waals surface area (Å²) in [6.45, 7) is 2.31. The third-order valence-electron chi connectivity index (χ3n) is 5.51. The smallest absolute Gasteiger partial charge is 0.378 e. The van der Waals surface area contributed by atoms with Gasteiger partial charge in [0.25, 0.3) is 5.91 Å². The number of rotatable bonds is 7. The fraction of sp³-hybridized carbons (Fsp3) is 0.304. The molecule has 0 bridgehead atoms. The molecule has 1 amide bonds. The Morgan fingerprint density at radius 1 is 1.16 bits per heavy atom. The summed E-state index contributed by atoms with van der Waals surface area (Å²) in [5.74, 6) is -2.80. The third kappa shape index (κ3) is 6.93.